The monoisotopic (exact) mass is 331 g/mol. The maximum atomic E-state index is 12.4. The third kappa shape index (κ3) is 5.64. The Morgan fingerprint density at radius 2 is 1.79 bits per heavy atom. The van der Waals surface area contributed by atoms with E-state index in [0.29, 0.717) is 6.54 Å². The van der Waals surface area contributed by atoms with Crippen molar-refractivity contribution in [3.05, 3.63) is 35.4 Å². The maximum absolute atomic E-state index is 12.4. The number of aryl methyl sites for hydroxylation is 1. The summed E-state index contributed by atoms with van der Waals surface area (Å²) >= 11 is 0. The van der Waals surface area contributed by atoms with Gasteiger partial charge in [-0.2, -0.15) is 0 Å². The molecule has 2 N–H and O–H groups in total. The predicted octanol–water partition coefficient (Wildman–Crippen LogP) is 2.10. The summed E-state index contributed by atoms with van der Waals surface area (Å²) in [5.41, 5.74) is 1.53. The first-order valence-corrected chi connectivity index (χ1v) is 8.64. The quantitative estimate of drug-likeness (QED) is 0.888. The van der Waals surface area contributed by atoms with E-state index in [4.69, 9.17) is 0 Å². The zero-order chi connectivity index (χ0) is 17.7. The Morgan fingerprint density at radius 3 is 2.38 bits per heavy atom. The fourth-order valence-corrected chi connectivity index (χ4v) is 2.99. The maximum Gasteiger partial charge on any atom is 0.251 e. The Kier molecular flexibility index (Phi) is 5.99. The van der Waals surface area contributed by atoms with Crippen LogP contribution in [0.25, 0.3) is 0 Å². The number of carbonyl (C=O) groups excluding carboxylic acids is 2. The number of piperidine rings is 1. The third-order valence-corrected chi connectivity index (χ3v) is 4.19. The number of carbonyl (C=O) groups is 2. The van der Waals surface area contributed by atoms with Gasteiger partial charge in [-0.25, -0.2) is 0 Å². The predicted molar refractivity (Wildman–Crippen MR) is 96.0 cm³/mol. The lowest BCUT2D eigenvalue weighted by molar-refractivity contribution is -0.123. The summed E-state index contributed by atoms with van der Waals surface area (Å²) in [6.45, 7) is 9.99. The van der Waals surface area contributed by atoms with Crippen LogP contribution in [0.4, 0.5) is 0 Å². The molecule has 0 atom stereocenters. The first-order valence-electron chi connectivity index (χ1n) is 8.64. The second-order valence-corrected chi connectivity index (χ2v) is 7.64. The van der Waals surface area contributed by atoms with Crippen LogP contribution in [-0.4, -0.2) is 47.9 Å². The number of likely N-dealkylation sites (tertiary alicyclic amines) is 1. The molecule has 0 aliphatic carbocycles. The van der Waals surface area contributed by atoms with Gasteiger partial charge in [0.15, 0.2) is 0 Å². The zero-order valence-corrected chi connectivity index (χ0v) is 15.2. The molecule has 2 amide bonds. The summed E-state index contributed by atoms with van der Waals surface area (Å²) in [6.07, 6.45) is 1.75. The summed E-state index contributed by atoms with van der Waals surface area (Å²) in [4.78, 5) is 26.5. The van der Waals surface area contributed by atoms with E-state index >= 15 is 0 Å². The van der Waals surface area contributed by atoms with Gasteiger partial charge in [-0.05, 0) is 52.2 Å². The van der Waals surface area contributed by atoms with Gasteiger partial charge in [0.2, 0.25) is 5.91 Å². The lowest BCUT2D eigenvalue weighted by atomic mass is 10.0. The fourth-order valence-electron chi connectivity index (χ4n) is 2.99. The highest BCUT2D eigenvalue weighted by molar-refractivity contribution is 5.95. The van der Waals surface area contributed by atoms with Crippen molar-refractivity contribution < 1.29 is 9.59 Å². The van der Waals surface area contributed by atoms with Crippen LogP contribution in [0, 0.1) is 6.92 Å². The molecular weight excluding hydrogens is 302 g/mol. The number of rotatable bonds is 4. The normalized spacial score (nSPS) is 16.7. The molecule has 1 aliphatic rings. The number of amides is 2. The van der Waals surface area contributed by atoms with Gasteiger partial charge >= 0.3 is 0 Å². The summed E-state index contributed by atoms with van der Waals surface area (Å²) < 4.78 is 0. The smallest absolute Gasteiger partial charge is 0.251 e. The summed E-state index contributed by atoms with van der Waals surface area (Å²) in [7, 11) is 0. The highest BCUT2D eigenvalue weighted by Crippen LogP contribution is 2.13. The second kappa shape index (κ2) is 7.79. The van der Waals surface area contributed by atoms with Crippen LogP contribution in [0.1, 0.15) is 49.5 Å². The lowest BCUT2D eigenvalue weighted by Crippen LogP contribution is -2.50. The SMILES string of the molecule is Cc1ccccc1C(=O)NC1CCN(CC(=O)NC(C)(C)C)CC1. The van der Waals surface area contributed by atoms with E-state index in [1.165, 1.54) is 0 Å². The average molecular weight is 331 g/mol. The van der Waals surface area contributed by atoms with E-state index in [9.17, 15) is 9.59 Å². The van der Waals surface area contributed by atoms with E-state index in [0.717, 1.165) is 37.1 Å². The van der Waals surface area contributed by atoms with Crippen molar-refractivity contribution in [2.24, 2.45) is 0 Å². The van der Waals surface area contributed by atoms with E-state index in [1.807, 2.05) is 52.0 Å². The molecule has 1 aromatic carbocycles. The van der Waals surface area contributed by atoms with Crippen LogP contribution >= 0.6 is 0 Å². The standard InChI is InChI=1S/C19H29N3O2/c1-14-7-5-6-8-16(14)18(24)20-15-9-11-22(12-10-15)13-17(23)21-19(2,3)4/h5-8,15H,9-13H2,1-4H3,(H,20,24)(H,21,23). The third-order valence-electron chi connectivity index (χ3n) is 4.19. The van der Waals surface area contributed by atoms with Crippen LogP contribution in [-0.2, 0) is 4.79 Å². The van der Waals surface area contributed by atoms with Crippen molar-refractivity contribution in [2.75, 3.05) is 19.6 Å². The molecule has 1 aromatic rings. The lowest BCUT2D eigenvalue weighted by Gasteiger charge is -2.32. The summed E-state index contributed by atoms with van der Waals surface area (Å²) in [6, 6.07) is 7.81. The van der Waals surface area contributed by atoms with Crippen LogP contribution in [0.3, 0.4) is 0 Å². The first-order chi connectivity index (χ1) is 11.2. The second-order valence-electron chi connectivity index (χ2n) is 7.64. The molecule has 0 bridgehead atoms. The Hall–Kier alpha value is -1.88. The van der Waals surface area contributed by atoms with Gasteiger partial charge in [0.25, 0.3) is 5.91 Å². The van der Waals surface area contributed by atoms with Gasteiger partial charge in [0.1, 0.15) is 0 Å². The van der Waals surface area contributed by atoms with E-state index < -0.39 is 0 Å². The van der Waals surface area contributed by atoms with Crippen LogP contribution in [0.15, 0.2) is 24.3 Å². The molecule has 5 nitrogen and oxygen atoms in total. The molecule has 0 spiro atoms. The molecule has 0 saturated carbocycles. The van der Waals surface area contributed by atoms with Gasteiger partial charge < -0.3 is 10.6 Å². The Balaban J connectivity index is 1.78. The molecule has 1 aliphatic heterocycles. The highest BCUT2D eigenvalue weighted by Gasteiger charge is 2.24. The van der Waals surface area contributed by atoms with Crippen molar-refractivity contribution in [3.8, 4) is 0 Å². The molecule has 0 radical (unpaired) electrons. The first kappa shape index (κ1) is 18.5. The number of nitrogens with zero attached hydrogens (tertiary/aromatic N) is 1. The minimum atomic E-state index is -0.197. The summed E-state index contributed by atoms with van der Waals surface area (Å²) in [5, 5.41) is 6.11. The molecule has 0 aromatic heterocycles. The van der Waals surface area contributed by atoms with Gasteiger partial charge in [0, 0.05) is 30.2 Å². The van der Waals surface area contributed by atoms with Crippen LogP contribution in [0.2, 0.25) is 0 Å². The molecular formula is C19H29N3O2. The van der Waals surface area contributed by atoms with Crippen molar-refractivity contribution in [3.63, 3.8) is 0 Å². The van der Waals surface area contributed by atoms with Crippen molar-refractivity contribution in [2.45, 2.75) is 52.1 Å². The van der Waals surface area contributed by atoms with Gasteiger partial charge in [0.05, 0.1) is 6.54 Å². The number of nitrogens with one attached hydrogen (secondary N) is 2. The summed E-state index contributed by atoms with van der Waals surface area (Å²) in [5.74, 6) is 0.0573. The van der Waals surface area contributed by atoms with Crippen molar-refractivity contribution >= 4 is 11.8 Å². The van der Waals surface area contributed by atoms with Gasteiger partial charge in [-0.15, -0.1) is 0 Å². The molecule has 1 saturated heterocycles. The molecule has 1 fully saturated rings. The topological polar surface area (TPSA) is 61.4 Å². The number of hydrogen-bond donors (Lipinski definition) is 2. The minimum absolute atomic E-state index is 0.00275. The van der Waals surface area contributed by atoms with E-state index in [2.05, 4.69) is 15.5 Å². The van der Waals surface area contributed by atoms with Gasteiger partial charge in [-0.3, -0.25) is 14.5 Å². The Bertz CT molecular complexity index is 585. The molecule has 1 heterocycles. The highest BCUT2D eigenvalue weighted by atomic mass is 16.2. The average Bonchev–Trinajstić information content (AvgIpc) is 2.47. The Morgan fingerprint density at radius 1 is 1.17 bits per heavy atom. The van der Waals surface area contributed by atoms with Gasteiger partial charge in [-0.1, -0.05) is 18.2 Å². The molecule has 132 valence electrons. The van der Waals surface area contributed by atoms with E-state index in [-0.39, 0.29) is 23.4 Å². The minimum Gasteiger partial charge on any atom is -0.350 e. The van der Waals surface area contributed by atoms with Crippen LogP contribution in [0.5, 0.6) is 0 Å². The number of benzene rings is 1. The largest absolute Gasteiger partial charge is 0.350 e. The van der Waals surface area contributed by atoms with Crippen LogP contribution < -0.4 is 10.6 Å². The zero-order valence-electron chi connectivity index (χ0n) is 15.2. The molecule has 24 heavy (non-hydrogen) atoms. The molecule has 5 heteroatoms. The molecule has 2 rings (SSSR count). The van der Waals surface area contributed by atoms with E-state index in [1.54, 1.807) is 0 Å². The molecule has 0 unspecified atom stereocenters. The van der Waals surface area contributed by atoms with Crippen molar-refractivity contribution in [1.29, 1.82) is 0 Å². The Labute approximate surface area is 144 Å². The fraction of sp³-hybridized carbons (Fsp3) is 0.579. The van der Waals surface area contributed by atoms with Crippen molar-refractivity contribution in [1.82, 2.24) is 15.5 Å². The number of hydrogen-bond acceptors (Lipinski definition) is 3.